The maximum atomic E-state index is 14.7. The third-order valence-electron chi connectivity index (χ3n) is 5.55. The zero-order valence-corrected chi connectivity index (χ0v) is 16.6. The second-order valence-electron chi connectivity index (χ2n) is 7.48. The van der Waals surface area contributed by atoms with Gasteiger partial charge in [-0.15, -0.1) is 0 Å². The molecule has 3 N–H and O–H groups in total. The van der Waals surface area contributed by atoms with Gasteiger partial charge < -0.3 is 16.0 Å². The molecule has 1 aromatic rings. The zero-order chi connectivity index (χ0) is 22.2. The first-order valence-corrected chi connectivity index (χ1v) is 9.62. The van der Waals surface area contributed by atoms with Crippen LogP contribution in [0.1, 0.15) is 24.4 Å². The second-order valence-corrected chi connectivity index (χ2v) is 7.86. The van der Waals surface area contributed by atoms with Crippen molar-refractivity contribution in [1.29, 1.82) is 0 Å². The Morgan fingerprint density at radius 2 is 2.03 bits per heavy atom. The van der Waals surface area contributed by atoms with E-state index in [1.807, 2.05) is 0 Å². The number of hydrogen-bond donors (Lipinski definition) is 3. The number of benzene rings is 1. The van der Waals surface area contributed by atoms with Gasteiger partial charge in [0.25, 0.3) is 0 Å². The lowest BCUT2D eigenvalue weighted by Gasteiger charge is -2.41. The Balaban J connectivity index is 1.92. The normalized spacial score (nSPS) is 26.1. The number of carbonyl (C=O) groups excluding carboxylic acids is 2. The molecule has 0 radical (unpaired) electrons. The Morgan fingerprint density at radius 1 is 1.33 bits per heavy atom. The highest BCUT2D eigenvalue weighted by atomic mass is 35.5. The van der Waals surface area contributed by atoms with E-state index in [1.54, 1.807) is 0 Å². The third-order valence-corrected chi connectivity index (χ3v) is 5.89. The molecule has 12 heteroatoms. The molecule has 2 aliphatic rings. The minimum absolute atomic E-state index is 0.0252. The van der Waals surface area contributed by atoms with Crippen molar-refractivity contribution < 1.29 is 31.5 Å². The molecule has 4 atom stereocenters. The van der Waals surface area contributed by atoms with Crippen molar-refractivity contribution in [3.8, 4) is 0 Å². The molecule has 2 fully saturated rings. The van der Waals surface area contributed by atoms with Crippen molar-refractivity contribution in [2.75, 3.05) is 20.1 Å². The fraction of sp³-hybridized carbons (Fsp3) is 0.556. The number of hydrogen-bond acceptors (Lipinski definition) is 3. The van der Waals surface area contributed by atoms with E-state index >= 15 is 0 Å². The molecule has 0 aromatic heterocycles. The summed E-state index contributed by atoms with van der Waals surface area (Å²) in [5.74, 6) is -3.65. The van der Waals surface area contributed by atoms with Crippen molar-refractivity contribution in [3.05, 3.63) is 34.4 Å². The summed E-state index contributed by atoms with van der Waals surface area (Å²) in [4.78, 5) is 25.0. The lowest BCUT2D eigenvalue weighted by Crippen LogP contribution is -2.52. The number of rotatable bonds is 4. The Hall–Kier alpha value is -2.14. The highest BCUT2D eigenvalue weighted by Crippen LogP contribution is 2.40. The monoisotopic (exact) mass is 454 g/mol. The average Bonchev–Trinajstić information content (AvgIpc) is 3.11. The predicted octanol–water partition coefficient (Wildman–Crippen LogP) is 2.73. The van der Waals surface area contributed by atoms with Crippen LogP contribution in [0.4, 0.5) is 26.7 Å². The van der Waals surface area contributed by atoms with E-state index in [4.69, 9.17) is 11.6 Å². The molecule has 1 aromatic carbocycles. The molecule has 0 spiro atoms. The van der Waals surface area contributed by atoms with Crippen LogP contribution in [-0.2, 0) is 4.79 Å². The molecule has 1 unspecified atom stereocenters. The average molecular weight is 455 g/mol. The van der Waals surface area contributed by atoms with Gasteiger partial charge in [0, 0.05) is 12.1 Å². The molecule has 30 heavy (non-hydrogen) atoms. The van der Waals surface area contributed by atoms with Crippen molar-refractivity contribution >= 4 is 23.5 Å². The van der Waals surface area contributed by atoms with Crippen LogP contribution in [0.2, 0.25) is 5.02 Å². The Morgan fingerprint density at radius 3 is 2.63 bits per heavy atom. The van der Waals surface area contributed by atoms with Gasteiger partial charge in [-0.05, 0) is 38.4 Å². The number of carbonyl (C=O) groups is 2. The molecule has 166 valence electrons. The molecular weight excluding hydrogens is 435 g/mol. The van der Waals surface area contributed by atoms with E-state index < -0.39 is 65.2 Å². The summed E-state index contributed by atoms with van der Waals surface area (Å²) in [6.45, 7) is 0.0438. The van der Waals surface area contributed by atoms with Crippen molar-refractivity contribution in [2.24, 2.45) is 5.92 Å². The standard InChI is InChI=1S/C18H20ClF5N4O2/c1-28-5-4-8(6-12(28)18(22,23)24)15(9-2-3-10(20)13(19)14(9)21)27-16(29)11-7-25-17(30)26-11/h2-3,8,11-12,15H,4-7H2,1H3,(H,27,29)(H2,25,26,30)/t8-,11+,12-,15?/m1/s1. The van der Waals surface area contributed by atoms with Crippen LogP contribution in [0.5, 0.6) is 0 Å². The van der Waals surface area contributed by atoms with E-state index in [2.05, 4.69) is 16.0 Å². The summed E-state index contributed by atoms with van der Waals surface area (Å²) < 4.78 is 68.7. The quantitative estimate of drug-likeness (QED) is 0.484. The highest BCUT2D eigenvalue weighted by Gasteiger charge is 2.47. The van der Waals surface area contributed by atoms with Crippen LogP contribution in [0.3, 0.4) is 0 Å². The van der Waals surface area contributed by atoms with E-state index in [9.17, 15) is 31.5 Å². The molecule has 2 heterocycles. The lowest BCUT2D eigenvalue weighted by molar-refractivity contribution is -0.192. The van der Waals surface area contributed by atoms with Crippen molar-refractivity contribution in [1.82, 2.24) is 20.9 Å². The minimum Gasteiger partial charge on any atom is -0.347 e. The summed E-state index contributed by atoms with van der Waals surface area (Å²) in [7, 11) is 1.34. The molecule has 6 nitrogen and oxygen atoms in total. The summed E-state index contributed by atoms with van der Waals surface area (Å²) in [6.07, 6.45) is -4.67. The van der Waals surface area contributed by atoms with Gasteiger partial charge in [-0.2, -0.15) is 13.2 Å². The lowest BCUT2D eigenvalue weighted by atomic mass is 9.81. The fourth-order valence-corrected chi connectivity index (χ4v) is 4.07. The maximum Gasteiger partial charge on any atom is 0.404 e. The Kier molecular flexibility index (Phi) is 6.42. The molecular formula is C18H20ClF5N4O2. The zero-order valence-electron chi connectivity index (χ0n) is 15.8. The Bertz CT molecular complexity index is 838. The maximum absolute atomic E-state index is 14.7. The predicted molar refractivity (Wildman–Crippen MR) is 97.8 cm³/mol. The number of urea groups is 1. The van der Waals surface area contributed by atoms with Crippen LogP contribution in [-0.4, -0.2) is 55.2 Å². The minimum atomic E-state index is -4.51. The van der Waals surface area contributed by atoms with E-state index in [0.29, 0.717) is 0 Å². The summed E-state index contributed by atoms with van der Waals surface area (Å²) >= 11 is 5.66. The van der Waals surface area contributed by atoms with Crippen LogP contribution < -0.4 is 16.0 Å². The number of piperidine rings is 1. The van der Waals surface area contributed by atoms with Crippen molar-refractivity contribution in [3.63, 3.8) is 0 Å². The van der Waals surface area contributed by atoms with Crippen LogP contribution in [0, 0.1) is 17.6 Å². The number of amides is 3. The van der Waals surface area contributed by atoms with E-state index in [-0.39, 0.29) is 25.1 Å². The summed E-state index contributed by atoms with van der Waals surface area (Å²) in [5.41, 5.74) is -0.206. The molecule has 3 amide bonds. The molecule has 3 rings (SSSR count). The van der Waals surface area contributed by atoms with Gasteiger partial charge in [0.2, 0.25) is 5.91 Å². The number of nitrogens with zero attached hydrogens (tertiary/aromatic N) is 1. The van der Waals surface area contributed by atoms with Gasteiger partial charge in [0.05, 0.1) is 6.04 Å². The summed E-state index contributed by atoms with van der Waals surface area (Å²) in [5, 5.41) is 6.49. The van der Waals surface area contributed by atoms with Crippen LogP contribution in [0.15, 0.2) is 12.1 Å². The van der Waals surface area contributed by atoms with E-state index in [1.165, 1.54) is 7.05 Å². The molecule has 2 aliphatic heterocycles. The van der Waals surface area contributed by atoms with Crippen LogP contribution in [0.25, 0.3) is 0 Å². The molecule has 2 saturated heterocycles. The van der Waals surface area contributed by atoms with E-state index in [0.717, 1.165) is 17.0 Å². The number of alkyl halides is 3. The van der Waals surface area contributed by atoms with Gasteiger partial charge in [0.15, 0.2) is 0 Å². The van der Waals surface area contributed by atoms with Gasteiger partial charge in [0.1, 0.15) is 28.7 Å². The first-order chi connectivity index (χ1) is 14.0. The first-order valence-electron chi connectivity index (χ1n) is 9.24. The highest BCUT2D eigenvalue weighted by molar-refractivity contribution is 6.31. The number of likely N-dealkylation sites (tertiary alicyclic amines) is 1. The smallest absolute Gasteiger partial charge is 0.347 e. The molecule has 0 saturated carbocycles. The van der Waals surface area contributed by atoms with Gasteiger partial charge in [-0.1, -0.05) is 17.7 Å². The first kappa shape index (κ1) is 22.5. The summed E-state index contributed by atoms with van der Waals surface area (Å²) in [6, 6.07) is -2.54. The topological polar surface area (TPSA) is 73.5 Å². The van der Waals surface area contributed by atoms with Crippen LogP contribution >= 0.6 is 11.6 Å². The molecule has 0 bridgehead atoms. The number of nitrogens with one attached hydrogen (secondary N) is 3. The largest absolute Gasteiger partial charge is 0.404 e. The van der Waals surface area contributed by atoms with Gasteiger partial charge >= 0.3 is 12.2 Å². The number of halogens is 6. The molecule has 0 aliphatic carbocycles. The van der Waals surface area contributed by atoms with Gasteiger partial charge in [-0.25, -0.2) is 13.6 Å². The van der Waals surface area contributed by atoms with Crippen molar-refractivity contribution in [2.45, 2.75) is 37.1 Å². The Labute approximate surface area is 174 Å². The second kappa shape index (κ2) is 8.54. The fourth-order valence-electron chi connectivity index (χ4n) is 3.89. The SMILES string of the molecule is CN1CC[C@@H](C(NC(=O)[C@@H]2CNC(=O)N2)c2ccc(F)c(Cl)c2F)C[C@@H]1C(F)(F)F. The third kappa shape index (κ3) is 4.61. The van der Waals surface area contributed by atoms with Gasteiger partial charge in [-0.3, -0.25) is 9.69 Å².